The van der Waals surface area contributed by atoms with Crippen LogP contribution in [0.4, 0.5) is 4.79 Å². The Bertz CT molecular complexity index is 564. The van der Waals surface area contributed by atoms with Gasteiger partial charge in [-0.2, -0.15) is 0 Å². The third kappa shape index (κ3) is 5.27. The molecular weight excluding hydrogens is 292 g/mol. The number of carbonyl (C=O) groups excluding carboxylic acids is 2. The fraction of sp³-hybridized carbons (Fsp3) is 0.556. The zero-order valence-electron chi connectivity index (χ0n) is 14.1. The van der Waals surface area contributed by atoms with Crippen molar-refractivity contribution in [2.45, 2.75) is 51.6 Å². The van der Waals surface area contributed by atoms with Crippen molar-refractivity contribution in [1.29, 1.82) is 0 Å². The highest BCUT2D eigenvalue weighted by atomic mass is 16.6. The molecule has 0 saturated carbocycles. The van der Waals surface area contributed by atoms with Crippen molar-refractivity contribution in [2.24, 2.45) is 0 Å². The Morgan fingerprint density at radius 1 is 1.17 bits per heavy atom. The number of hydrogen-bond donors (Lipinski definition) is 2. The molecule has 0 aliphatic heterocycles. The normalized spacial score (nSPS) is 17.1. The van der Waals surface area contributed by atoms with Gasteiger partial charge < -0.3 is 15.4 Å². The summed E-state index contributed by atoms with van der Waals surface area (Å²) < 4.78 is 5.14. The van der Waals surface area contributed by atoms with Gasteiger partial charge in [0.2, 0.25) is 5.91 Å². The van der Waals surface area contributed by atoms with E-state index in [0.717, 1.165) is 24.8 Å². The zero-order chi connectivity index (χ0) is 16.9. The summed E-state index contributed by atoms with van der Waals surface area (Å²) in [5.41, 5.74) is 1.89. The fourth-order valence-corrected chi connectivity index (χ4v) is 2.81. The molecule has 1 atom stereocenters. The lowest BCUT2D eigenvalue weighted by Gasteiger charge is -2.24. The number of benzene rings is 1. The van der Waals surface area contributed by atoms with Gasteiger partial charge in [-0.3, -0.25) is 4.79 Å². The van der Waals surface area contributed by atoms with Crippen molar-refractivity contribution in [1.82, 2.24) is 10.6 Å². The smallest absolute Gasteiger partial charge is 0.407 e. The second kappa shape index (κ2) is 7.49. The Morgan fingerprint density at radius 3 is 2.61 bits per heavy atom. The van der Waals surface area contributed by atoms with Crippen molar-refractivity contribution < 1.29 is 14.3 Å². The monoisotopic (exact) mass is 318 g/mol. The second-order valence-electron chi connectivity index (χ2n) is 6.86. The summed E-state index contributed by atoms with van der Waals surface area (Å²) in [5.74, 6) is -0.0513. The lowest BCUT2D eigenvalue weighted by atomic mass is 9.82. The standard InChI is InChI=1S/C18H26N2O3/c1-18(2,3)23-17(22)20-12-11-19-16(21)15-10-6-8-13-7-4-5-9-14(13)15/h4-5,7,9,15H,6,8,10-12H2,1-3H3,(H,19,21)(H,20,22)/t15-/m1/s1. The van der Waals surface area contributed by atoms with E-state index in [0.29, 0.717) is 13.1 Å². The lowest BCUT2D eigenvalue weighted by Crippen LogP contribution is -2.39. The van der Waals surface area contributed by atoms with Gasteiger partial charge in [0.15, 0.2) is 0 Å². The number of carbonyl (C=O) groups is 2. The van der Waals surface area contributed by atoms with E-state index in [1.807, 2.05) is 39.0 Å². The first-order chi connectivity index (χ1) is 10.9. The molecule has 1 aromatic rings. The molecule has 5 heteroatoms. The van der Waals surface area contributed by atoms with Gasteiger partial charge in [0.05, 0.1) is 5.92 Å². The maximum absolute atomic E-state index is 12.4. The first kappa shape index (κ1) is 17.3. The van der Waals surface area contributed by atoms with Crippen molar-refractivity contribution in [3.63, 3.8) is 0 Å². The molecule has 1 aliphatic rings. The Hall–Kier alpha value is -2.04. The first-order valence-corrected chi connectivity index (χ1v) is 8.19. The molecule has 126 valence electrons. The molecule has 23 heavy (non-hydrogen) atoms. The van der Waals surface area contributed by atoms with Crippen LogP contribution in [0.2, 0.25) is 0 Å². The topological polar surface area (TPSA) is 67.4 Å². The molecule has 1 aliphatic carbocycles. The van der Waals surface area contributed by atoms with Crippen LogP contribution >= 0.6 is 0 Å². The number of ether oxygens (including phenoxy) is 1. The van der Waals surface area contributed by atoms with Gasteiger partial charge in [0.25, 0.3) is 0 Å². The third-order valence-corrected chi connectivity index (χ3v) is 3.78. The lowest BCUT2D eigenvalue weighted by molar-refractivity contribution is -0.122. The molecule has 1 aromatic carbocycles. The van der Waals surface area contributed by atoms with Gasteiger partial charge in [0, 0.05) is 13.1 Å². The van der Waals surface area contributed by atoms with Crippen molar-refractivity contribution in [2.75, 3.05) is 13.1 Å². The van der Waals surface area contributed by atoms with Gasteiger partial charge in [-0.05, 0) is 51.2 Å². The number of nitrogens with one attached hydrogen (secondary N) is 2. The number of alkyl carbamates (subject to hydrolysis) is 1. The fourth-order valence-electron chi connectivity index (χ4n) is 2.81. The van der Waals surface area contributed by atoms with Crippen molar-refractivity contribution in [3.05, 3.63) is 35.4 Å². The number of rotatable bonds is 4. The van der Waals surface area contributed by atoms with E-state index in [4.69, 9.17) is 4.74 Å². The number of amides is 2. The number of hydrogen-bond acceptors (Lipinski definition) is 3. The Kier molecular flexibility index (Phi) is 5.64. The quantitative estimate of drug-likeness (QED) is 0.839. The maximum Gasteiger partial charge on any atom is 0.407 e. The van der Waals surface area contributed by atoms with Crippen LogP contribution in [0, 0.1) is 0 Å². The third-order valence-electron chi connectivity index (χ3n) is 3.78. The minimum absolute atomic E-state index is 0.0307. The molecule has 5 nitrogen and oxygen atoms in total. The molecule has 0 fully saturated rings. The molecule has 2 N–H and O–H groups in total. The average Bonchev–Trinajstić information content (AvgIpc) is 2.49. The van der Waals surface area contributed by atoms with E-state index in [9.17, 15) is 9.59 Å². The average molecular weight is 318 g/mol. The Balaban J connectivity index is 1.77. The van der Waals surface area contributed by atoms with E-state index < -0.39 is 11.7 Å². The van der Waals surface area contributed by atoms with Crippen LogP contribution in [0.5, 0.6) is 0 Å². The molecule has 0 unspecified atom stereocenters. The molecule has 0 bridgehead atoms. The van der Waals surface area contributed by atoms with Gasteiger partial charge >= 0.3 is 6.09 Å². The number of fused-ring (bicyclic) bond motifs is 1. The summed E-state index contributed by atoms with van der Waals surface area (Å²) in [6.07, 6.45) is 2.49. The van der Waals surface area contributed by atoms with Crippen molar-refractivity contribution >= 4 is 12.0 Å². The largest absolute Gasteiger partial charge is 0.444 e. The summed E-state index contributed by atoms with van der Waals surface area (Å²) in [7, 11) is 0. The van der Waals surface area contributed by atoms with E-state index >= 15 is 0 Å². The summed E-state index contributed by atoms with van der Waals surface area (Å²) in [6, 6.07) is 8.13. The molecule has 0 heterocycles. The van der Waals surface area contributed by atoms with Gasteiger partial charge in [0.1, 0.15) is 5.60 Å². The highest BCUT2D eigenvalue weighted by molar-refractivity contribution is 5.84. The summed E-state index contributed by atoms with van der Waals surface area (Å²) >= 11 is 0. The van der Waals surface area contributed by atoms with Gasteiger partial charge in [-0.1, -0.05) is 24.3 Å². The Labute approximate surface area is 137 Å². The van der Waals surface area contributed by atoms with Crippen LogP contribution < -0.4 is 10.6 Å². The van der Waals surface area contributed by atoms with Gasteiger partial charge in [-0.15, -0.1) is 0 Å². The van der Waals surface area contributed by atoms with Crippen LogP contribution in [0.25, 0.3) is 0 Å². The maximum atomic E-state index is 12.4. The molecule has 0 aromatic heterocycles. The molecular formula is C18H26N2O3. The van der Waals surface area contributed by atoms with E-state index in [1.165, 1.54) is 5.56 Å². The summed E-state index contributed by atoms with van der Waals surface area (Å²) in [5, 5.41) is 5.54. The van der Waals surface area contributed by atoms with Crippen LogP contribution in [0.3, 0.4) is 0 Å². The van der Waals surface area contributed by atoms with Crippen LogP contribution in [-0.4, -0.2) is 30.7 Å². The molecule has 0 spiro atoms. The summed E-state index contributed by atoms with van der Waals surface area (Å²) in [6.45, 7) is 6.20. The highest BCUT2D eigenvalue weighted by Gasteiger charge is 2.25. The first-order valence-electron chi connectivity index (χ1n) is 8.19. The van der Waals surface area contributed by atoms with Crippen LogP contribution in [0.15, 0.2) is 24.3 Å². The van der Waals surface area contributed by atoms with E-state index in [2.05, 4.69) is 16.7 Å². The molecule has 0 saturated heterocycles. The van der Waals surface area contributed by atoms with E-state index in [-0.39, 0.29) is 11.8 Å². The predicted molar refractivity (Wildman–Crippen MR) is 89.4 cm³/mol. The zero-order valence-corrected chi connectivity index (χ0v) is 14.1. The molecule has 0 radical (unpaired) electrons. The summed E-state index contributed by atoms with van der Waals surface area (Å²) in [4.78, 5) is 23.9. The second-order valence-corrected chi connectivity index (χ2v) is 6.86. The SMILES string of the molecule is CC(C)(C)OC(=O)NCCNC(=O)[C@@H]1CCCc2ccccc21. The molecule has 2 amide bonds. The minimum Gasteiger partial charge on any atom is -0.444 e. The minimum atomic E-state index is -0.515. The van der Waals surface area contributed by atoms with E-state index in [1.54, 1.807) is 0 Å². The van der Waals surface area contributed by atoms with Crippen LogP contribution in [-0.2, 0) is 16.0 Å². The highest BCUT2D eigenvalue weighted by Crippen LogP contribution is 2.31. The Morgan fingerprint density at radius 2 is 1.87 bits per heavy atom. The number of aryl methyl sites for hydroxylation is 1. The molecule has 2 rings (SSSR count). The van der Waals surface area contributed by atoms with Gasteiger partial charge in [-0.25, -0.2) is 4.79 Å². The van der Waals surface area contributed by atoms with Crippen molar-refractivity contribution in [3.8, 4) is 0 Å². The predicted octanol–water partition coefficient (Wildman–Crippen LogP) is 2.75. The van der Waals surface area contributed by atoms with Crippen LogP contribution in [0.1, 0.15) is 50.7 Å².